The normalized spacial score (nSPS) is 21.7. The van der Waals surface area contributed by atoms with Crippen molar-refractivity contribution in [3.8, 4) is 6.07 Å². The molecule has 0 unspecified atom stereocenters. The highest BCUT2D eigenvalue weighted by Crippen LogP contribution is 2.58. The smallest absolute Gasteiger partial charge is 0.280 e. The molecule has 32 heavy (non-hydrogen) atoms. The monoisotopic (exact) mass is 448 g/mol. The van der Waals surface area contributed by atoms with Gasteiger partial charge in [0.1, 0.15) is 18.9 Å². The van der Waals surface area contributed by atoms with Gasteiger partial charge in [-0.1, -0.05) is 16.8 Å². The molecule has 2 fully saturated rings. The molecular weight excluding hydrogens is 432 g/mol. The summed E-state index contributed by atoms with van der Waals surface area (Å²) in [6, 6.07) is 7.62. The zero-order chi connectivity index (χ0) is 22.0. The first kappa shape index (κ1) is 19.0. The lowest BCUT2D eigenvalue weighted by Crippen LogP contribution is -2.24. The van der Waals surface area contributed by atoms with Gasteiger partial charge in [-0.15, -0.1) is 0 Å². The Morgan fingerprint density at radius 3 is 2.78 bits per heavy atom. The van der Waals surface area contributed by atoms with Crippen LogP contribution in [0.15, 0.2) is 40.2 Å². The molecule has 1 aromatic carbocycles. The van der Waals surface area contributed by atoms with Gasteiger partial charge < -0.3 is 14.0 Å². The van der Waals surface area contributed by atoms with Gasteiger partial charge in [0.25, 0.3) is 5.56 Å². The number of hydrogen-bond acceptors (Lipinski definition) is 8. The molecule has 4 aromatic rings. The molecule has 2 aliphatic rings. The molecule has 1 saturated heterocycles. The number of anilines is 1. The van der Waals surface area contributed by atoms with Gasteiger partial charge in [-0.3, -0.25) is 9.36 Å². The van der Waals surface area contributed by atoms with Crippen molar-refractivity contribution in [2.75, 3.05) is 18.0 Å². The predicted molar refractivity (Wildman–Crippen MR) is 114 cm³/mol. The fourth-order valence-corrected chi connectivity index (χ4v) is 4.93. The number of fused-ring (bicyclic) bond motifs is 2. The van der Waals surface area contributed by atoms with Crippen LogP contribution in [0.3, 0.4) is 0 Å². The number of aryl methyl sites for hydroxylation is 1. The first-order valence-electron chi connectivity index (χ1n) is 10.2. The number of nitrogens with zero attached hydrogens (tertiary/aromatic N) is 8. The molecule has 1 aliphatic heterocycles. The van der Waals surface area contributed by atoms with E-state index in [1.165, 1.54) is 10.9 Å². The van der Waals surface area contributed by atoms with Crippen molar-refractivity contribution in [2.24, 2.45) is 18.9 Å². The van der Waals surface area contributed by atoms with Gasteiger partial charge in [-0.25, -0.2) is 9.97 Å². The second kappa shape index (κ2) is 6.90. The summed E-state index contributed by atoms with van der Waals surface area (Å²) in [6.07, 6.45) is 3.02. The zero-order valence-electron chi connectivity index (χ0n) is 17.0. The summed E-state index contributed by atoms with van der Waals surface area (Å²) in [5.74, 6) is 2.23. The molecule has 0 N–H and O–H groups in total. The van der Waals surface area contributed by atoms with E-state index >= 15 is 0 Å². The van der Waals surface area contributed by atoms with Crippen molar-refractivity contribution in [2.45, 2.75) is 12.5 Å². The highest BCUT2D eigenvalue weighted by atomic mass is 35.5. The van der Waals surface area contributed by atoms with E-state index < -0.39 is 0 Å². The molecule has 160 valence electrons. The molecule has 6 rings (SSSR count). The molecule has 11 heteroatoms. The van der Waals surface area contributed by atoms with Gasteiger partial charge in [-0.05, 0) is 30.0 Å². The minimum absolute atomic E-state index is 0.165. The predicted octanol–water partition coefficient (Wildman–Crippen LogP) is 1.94. The fourth-order valence-electron chi connectivity index (χ4n) is 4.71. The molecule has 0 radical (unpaired) electrons. The Bertz CT molecular complexity index is 1450. The minimum Gasteiger partial charge on any atom is -0.371 e. The maximum absolute atomic E-state index is 12.7. The van der Waals surface area contributed by atoms with Crippen molar-refractivity contribution < 1.29 is 4.52 Å². The van der Waals surface area contributed by atoms with E-state index in [0.29, 0.717) is 45.3 Å². The Morgan fingerprint density at radius 2 is 2.03 bits per heavy atom. The van der Waals surface area contributed by atoms with Gasteiger partial charge in [0.15, 0.2) is 17.0 Å². The molecule has 1 saturated carbocycles. The Balaban J connectivity index is 1.15. The second-order valence-corrected chi connectivity index (χ2v) is 8.69. The van der Waals surface area contributed by atoms with E-state index in [-0.39, 0.29) is 18.0 Å². The van der Waals surface area contributed by atoms with Crippen molar-refractivity contribution in [1.29, 1.82) is 5.26 Å². The van der Waals surface area contributed by atoms with Crippen LogP contribution in [0.5, 0.6) is 0 Å². The van der Waals surface area contributed by atoms with Gasteiger partial charge in [0.05, 0.1) is 16.9 Å². The van der Waals surface area contributed by atoms with Gasteiger partial charge in [-0.2, -0.15) is 10.2 Å². The van der Waals surface area contributed by atoms with Crippen LogP contribution in [0.2, 0.25) is 5.02 Å². The summed E-state index contributed by atoms with van der Waals surface area (Å²) in [4.78, 5) is 27.8. The second-order valence-electron chi connectivity index (χ2n) is 8.29. The quantitative estimate of drug-likeness (QED) is 0.464. The van der Waals surface area contributed by atoms with Crippen molar-refractivity contribution in [1.82, 2.24) is 29.2 Å². The number of nitriles is 1. The third-order valence-corrected chi connectivity index (χ3v) is 6.73. The standard InChI is InChI=1S/C21H17ClN8O2/c1-28-9-24-20-18(28)21(31)30(10-25-20)8-16-26-19(27-32-16)17-13-6-29(7-14(13)17)12-3-2-11(5-23)15(22)4-12/h2-4,9-10,13-14,17H,6-8H2,1H3/t13-,14+,17+. The fraction of sp³-hybridized carbons (Fsp3) is 0.333. The summed E-state index contributed by atoms with van der Waals surface area (Å²) in [5.41, 5.74) is 2.15. The van der Waals surface area contributed by atoms with E-state index in [1.807, 2.05) is 12.1 Å². The van der Waals surface area contributed by atoms with Crippen molar-refractivity contribution in [3.05, 3.63) is 63.5 Å². The van der Waals surface area contributed by atoms with E-state index in [1.54, 1.807) is 24.0 Å². The Kier molecular flexibility index (Phi) is 4.10. The van der Waals surface area contributed by atoms with Crippen LogP contribution in [0.25, 0.3) is 11.2 Å². The van der Waals surface area contributed by atoms with Crippen LogP contribution < -0.4 is 10.5 Å². The summed E-state index contributed by atoms with van der Waals surface area (Å²) in [6.45, 7) is 1.92. The number of rotatable bonds is 4. The minimum atomic E-state index is -0.199. The average molecular weight is 449 g/mol. The Hall–Kier alpha value is -3.71. The molecule has 3 aromatic heterocycles. The van der Waals surface area contributed by atoms with Crippen LogP contribution in [-0.4, -0.2) is 42.3 Å². The van der Waals surface area contributed by atoms with Crippen LogP contribution in [0, 0.1) is 23.2 Å². The molecule has 10 nitrogen and oxygen atoms in total. The highest BCUT2D eigenvalue weighted by Gasteiger charge is 2.58. The molecule has 0 spiro atoms. The van der Waals surface area contributed by atoms with Crippen LogP contribution in [0.1, 0.15) is 23.2 Å². The molecule has 4 heterocycles. The van der Waals surface area contributed by atoms with Crippen LogP contribution in [0.4, 0.5) is 5.69 Å². The molecule has 3 atom stereocenters. The van der Waals surface area contributed by atoms with Crippen LogP contribution in [-0.2, 0) is 13.6 Å². The average Bonchev–Trinajstić information content (AvgIpc) is 3.21. The third kappa shape index (κ3) is 2.89. The first-order valence-corrected chi connectivity index (χ1v) is 10.5. The largest absolute Gasteiger partial charge is 0.371 e. The van der Waals surface area contributed by atoms with Crippen molar-refractivity contribution in [3.63, 3.8) is 0 Å². The number of benzene rings is 1. The zero-order valence-corrected chi connectivity index (χ0v) is 17.8. The Morgan fingerprint density at radius 1 is 1.25 bits per heavy atom. The van der Waals surface area contributed by atoms with E-state index in [2.05, 4.69) is 31.1 Å². The molecule has 1 aliphatic carbocycles. The maximum Gasteiger partial charge on any atom is 0.280 e. The number of aromatic nitrogens is 6. The third-order valence-electron chi connectivity index (χ3n) is 6.42. The Labute approximate surface area is 186 Å². The topological polar surface area (TPSA) is 119 Å². The number of halogens is 1. The lowest BCUT2D eigenvalue weighted by molar-refractivity contribution is 0.363. The number of piperidine rings is 1. The summed E-state index contributed by atoms with van der Waals surface area (Å²) in [5, 5.41) is 13.7. The summed E-state index contributed by atoms with van der Waals surface area (Å²) < 4.78 is 8.54. The van der Waals surface area contributed by atoms with Gasteiger partial charge in [0, 0.05) is 31.7 Å². The lowest BCUT2D eigenvalue weighted by atomic mass is 10.2. The van der Waals surface area contributed by atoms with Crippen LogP contribution >= 0.6 is 11.6 Å². The van der Waals surface area contributed by atoms with E-state index in [0.717, 1.165) is 18.8 Å². The molecule has 0 bridgehead atoms. The van der Waals surface area contributed by atoms with E-state index in [4.69, 9.17) is 21.4 Å². The van der Waals surface area contributed by atoms with Crippen molar-refractivity contribution >= 4 is 28.5 Å². The highest BCUT2D eigenvalue weighted by molar-refractivity contribution is 6.32. The maximum atomic E-state index is 12.7. The molecule has 0 amide bonds. The number of imidazole rings is 1. The lowest BCUT2D eigenvalue weighted by Gasteiger charge is -2.21. The van der Waals surface area contributed by atoms with E-state index in [9.17, 15) is 4.79 Å². The number of hydrogen-bond donors (Lipinski definition) is 0. The molecular formula is C21H17ClN8O2. The summed E-state index contributed by atoms with van der Waals surface area (Å²) in [7, 11) is 1.76. The van der Waals surface area contributed by atoms with Gasteiger partial charge >= 0.3 is 0 Å². The first-order chi connectivity index (χ1) is 15.5. The van der Waals surface area contributed by atoms with Gasteiger partial charge in [0.2, 0.25) is 5.89 Å². The SMILES string of the molecule is Cn1cnc2ncn(Cc3nc([C@H]4[C@@H]5CN(c6ccc(C#N)c(Cl)c6)C[C@@H]54)no3)c(=O)c21. The summed E-state index contributed by atoms with van der Waals surface area (Å²) >= 11 is 6.18.